The van der Waals surface area contributed by atoms with Crippen molar-refractivity contribution in [3.05, 3.63) is 83.9 Å². The zero-order valence-electron chi connectivity index (χ0n) is 20.0. The van der Waals surface area contributed by atoms with Crippen LogP contribution in [0, 0.1) is 6.92 Å². The van der Waals surface area contributed by atoms with Crippen LogP contribution in [0.2, 0.25) is 0 Å². The van der Waals surface area contributed by atoms with E-state index in [0.717, 1.165) is 5.56 Å². The lowest BCUT2D eigenvalue weighted by atomic mass is 10.0. The highest BCUT2D eigenvalue weighted by molar-refractivity contribution is 7.81. The number of aromatic hydroxyl groups is 1. The van der Waals surface area contributed by atoms with E-state index in [0.29, 0.717) is 17.0 Å². The quantitative estimate of drug-likeness (QED) is 0.237. The second-order valence-electron chi connectivity index (χ2n) is 7.88. The molecule has 190 valence electrons. The van der Waals surface area contributed by atoms with Crippen LogP contribution in [0.5, 0.6) is 17.2 Å². The smallest absolute Gasteiger partial charge is 0.412 e. The lowest BCUT2D eigenvalue weighted by Gasteiger charge is -2.28. The van der Waals surface area contributed by atoms with Crippen molar-refractivity contribution in [1.82, 2.24) is 0 Å². The molecule has 0 aliphatic carbocycles. The molecule has 8 nitrogen and oxygen atoms in total. The zero-order valence-corrected chi connectivity index (χ0v) is 20.9. The number of amides is 1. The van der Waals surface area contributed by atoms with Crippen LogP contribution in [0.3, 0.4) is 0 Å². The van der Waals surface area contributed by atoms with Crippen LogP contribution in [0.25, 0.3) is 0 Å². The summed E-state index contributed by atoms with van der Waals surface area (Å²) in [5.41, 5.74) is 2.08. The van der Waals surface area contributed by atoms with E-state index in [1.165, 1.54) is 13.2 Å². The van der Waals surface area contributed by atoms with Gasteiger partial charge in [-0.3, -0.25) is 10.1 Å². The number of hydrogen-bond acceptors (Lipinski definition) is 8. The number of methoxy groups -OCH3 is 1. The normalized spacial score (nSPS) is 12.2. The molecule has 3 aromatic carbocycles. The molecule has 0 saturated heterocycles. The Balaban J connectivity index is 1.90. The largest absolute Gasteiger partial charge is 0.504 e. The molecule has 0 aromatic heterocycles. The van der Waals surface area contributed by atoms with Gasteiger partial charge in [-0.1, -0.05) is 42.0 Å². The molecule has 3 rings (SSSR count). The highest BCUT2D eigenvalue weighted by Gasteiger charge is 2.30. The van der Waals surface area contributed by atoms with Gasteiger partial charge < -0.3 is 24.1 Å². The van der Waals surface area contributed by atoms with Crippen LogP contribution >= 0.6 is 12.6 Å². The molecule has 3 aromatic rings. The fourth-order valence-corrected chi connectivity index (χ4v) is 3.51. The number of para-hydroxylation sites is 1. The molecule has 0 bridgehead atoms. The number of aryl methyl sites for hydroxylation is 1. The molecular formula is C27H29NO7S. The summed E-state index contributed by atoms with van der Waals surface area (Å²) >= 11 is 3.92. The average molecular weight is 512 g/mol. The SMILES string of the molecule is COc1ccc([C@H](OC(=O)Nc2ccc(C)cc2)[C@H](CCOC(=O)CS)Oc2ccccc2)cc1O. The summed E-state index contributed by atoms with van der Waals surface area (Å²) in [4.78, 5) is 24.5. The second kappa shape index (κ2) is 13.3. The molecule has 0 spiro atoms. The fourth-order valence-electron chi connectivity index (χ4n) is 3.42. The number of esters is 1. The Morgan fingerprint density at radius 2 is 1.75 bits per heavy atom. The van der Waals surface area contributed by atoms with Gasteiger partial charge >= 0.3 is 12.1 Å². The minimum atomic E-state index is -0.970. The van der Waals surface area contributed by atoms with Crippen molar-refractivity contribution in [2.45, 2.75) is 25.6 Å². The van der Waals surface area contributed by atoms with E-state index >= 15 is 0 Å². The fraction of sp³-hybridized carbons (Fsp3) is 0.259. The Morgan fingerprint density at radius 3 is 2.39 bits per heavy atom. The number of ether oxygens (including phenoxy) is 4. The number of carbonyl (C=O) groups excluding carboxylic acids is 2. The lowest BCUT2D eigenvalue weighted by Crippen LogP contribution is -2.32. The second-order valence-corrected chi connectivity index (χ2v) is 8.20. The Morgan fingerprint density at radius 1 is 1.03 bits per heavy atom. The molecule has 0 unspecified atom stereocenters. The van der Waals surface area contributed by atoms with E-state index in [9.17, 15) is 14.7 Å². The maximum atomic E-state index is 12.9. The zero-order chi connectivity index (χ0) is 25.9. The molecule has 1 amide bonds. The van der Waals surface area contributed by atoms with Crippen LogP contribution < -0.4 is 14.8 Å². The van der Waals surface area contributed by atoms with E-state index in [2.05, 4.69) is 17.9 Å². The summed E-state index contributed by atoms with van der Waals surface area (Å²) in [6, 6.07) is 21.0. The van der Waals surface area contributed by atoms with Gasteiger partial charge in [-0.2, -0.15) is 12.6 Å². The summed E-state index contributed by atoms with van der Waals surface area (Å²) in [5, 5.41) is 13.1. The Kier molecular flexibility index (Phi) is 9.88. The molecule has 0 fully saturated rings. The number of thiol groups is 1. The van der Waals surface area contributed by atoms with Crippen LogP contribution in [0.15, 0.2) is 72.8 Å². The van der Waals surface area contributed by atoms with Crippen molar-refractivity contribution in [3.63, 3.8) is 0 Å². The minimum absolute atomic E-state index is 0.0124. The monoisotopic (exact) mass is 511 g/mol. The first-order chi connectivity index (χ1) is 17.4. The van der Waals surface area contributed by atoms with Crippen LogP contribution in [0.4, 0.5) is 10.5 Å². The minimum Gasteiger partial charge on any atom is -0.504 e. The predicted octanol–water partition coefficient (Wildman–Crippen LogP) is 5.31. The van der Waals surface area contributed by atoms with Crippen LogP contribution in [-0.4, -0.2) is 42.7 Å². The molecule has 2 N–H and O–H groups in total. The lowest BCUT2D eigenvalue weighted by molar-refractivity contribution is -0.141. The van der Waals surface area contributed by atoms with Gasteiger partial charge in [-0.05, 0) is 43.3 Å². The van der Waals surface area contributed by atoms with Crippen molar-refractivity contribution < 1.29 is 33.6 Å². The predicted molar refractivity (Wildman–Crippen MR) is 139 cm³/mol. The number of anilines is 1. The van der Waals surface area contributed by atoms with Gasteiger partial charge in [0.1, 0.15) is 11.9 Å². The molecule has 2 atom stereocenters. The average Bonchev–Trinajstić information content (AvgIpc) is 2.88. The van der Waals surface area contributed by atoms with Gasteiger partial charge in [0.2, 0.25) is 0 Å². The number of hydrogen-bond donors (Lipinski definition) is 3. The molecular weight excluding hydrogens is 482 g/mol. The summed E-state index contributed by atoms with van der Waals surface area (Å²) < 4.78 is 22.4. The van der Waals surface area contributed by atoms with Gasteiger partial charge in [0.15, 0.2) is 17.6 Å². The number of rotatable bonds is 11. The van der Waals surface area contributed by atoms with E-state index in [-0.39, 0.29) is 30.3 Å². The van der Waals surface area contributed by atoms with Gasteiger partial charge in [-0.25, -0.2) is 4.79 Å². The van der Waals surface area contributed by atoms with E-state index in [1.807, 2.05) is 37.3 Å². The Labute approximate surface area is 215 Å². The first-order valence-corrected chi connectivity index (χ1v) is 11.9. The van der Waals surface area contributed by atoms with E-state index in [4.69, 9.17) is 18.9 Å². The molecule has 0 radical (unpaired) electrons. The third-order valence-corrected chi connectivity index (χ3v) is 5.48. The van der Waals surface area contributed by atoms with Gasteiger partial charge in [0.05, 0.1) is 19.5 Å². The summed E-state index contributed by atoms with van der Waals surface area (Å²) in [5.74, 6) is 0.143. The number of benzene rings is 3. The summed E-state index contributed by atoms with van der Waals surface area (Å²) in [6.07, 6.45) is -2.25. The standard InChI is InChI=1S/C27H29NO7S/c1-18-8-11-20(12-9-18)28-27(31)35-26(19-10-13-23(32-2)22(29)16-19)24(14-15-33-25(30)17-36)34-21-6-4-3-5-7-21/h3-13,16,24,26,29,36H,14-15,17H2,1-2H3,(H,28,31)/t24-,26-/m0/s1. The Hall–Kier alpha value is -3.85. The van der Waals surface area contributed by atoms with Gasteiger partial charge in [0.25, 0.3) is 0 Å². The molecule has 36 heavy (non-hydrogen) atoms. The highest BCUT2D eigenvalue weighted by atomic mass is 32.1. The van der Waals surface area contributed by atoms with E-state index < -0.39 is 24.3 Å². The summed E-state index contributed by atoms with van der Waals surface area (Å²) in [6.45, 7) is 1.96. The Bertz CT molecular complexity index is 1140. The van der Waals surface area contributed by atoms with Crippen molar-refractivity contribution in [2.24, 2.45) is 0 Å². The topological polar surface area (TPSA) is 103 Å². The summed E-state index contributed by atoms with van der Waals surface area (Å²) in [7, 11) is 1.44. The van der Waals surface area contributed by atoms with Crippen molar-refractivity contribution >= 4 is 30.4 Å². The number of phenolic OH excluding ortho intramolecular Hbond substituents is 1. The highest BCUT2D eigenvalue weighted by Crippen LogP contribution is 2.34. The van der Waals surface area contributed by atoms with E-state index in [1.54, 1.807) is 36.4 Å². The molecule has 0 aliphatic rings. The molecule has 0 heterocycles. The first kappa shape index (κ1) is 26.7. The number of carbonyl (C=O) groups is 2. The third kappa shape index (κ3) is 7.84. The van der Waals surface area contributed by atoms with Crippen molar-refractivity contribution in [3.8, 4) is 17.2 Å². The van der Waals surface area contributed by atoms with Crippen LogP contribution in [0.1, 0.15) is 23.7 Å². The van der Waals surface area contributed by atoms with Crippen molar-refractivity contribution in [2.75, 3.05) is 24.8 Å². The van der Waals surface area contributed by atoms with Gasteiger partial charge in [0, 0.05) is 17.7 Å². The maximum absolute atomic E-state index is 12.9. The van der Waals surface area contributed by atoms with Crippen LogP contribution in [-0.2, 0) is 14.3 Å². The molecule has 0 aliphatic heterocycles. The number of nitrogens with one attached hydrogen (secondary N) is 1. The maximum Gasteiger partial charge on any atom is 0.412 e. The van der Waals surface area contributed by atoms with Crippen molar-refractivity contribution in [1.29, 1.82) is 0 Å². The molecule has 0 saturated carbocycles. The number of phenols is 1. The first-order valence-electron chi connectivity index (χ1n) is 11.3. The third-order valence-electron chi connectivity index (χ3n) is 5.23. The van der Waals surface area contributed by atoms with Gasteiger partial charge in [-0.15, -0.1) is 0 Å². The molecule has 9 heteroatoms.